The van der Waals surface area contributed by atoms with Gasteiger partial charge in [0, 0.05) is 16.8 Å². The van der Waals surface area contributed by atoms with Gasteiger partial charge in [0.15, 0.2) is 5.84 Å². The minimum Gasteiger partial charge on any atom is -0.409 e. The lowest BCUT2D eigenvalue weighted by Crippen LogP contribution is -2.14. The van der Waals surface area contributed by atoms with Gasteiger partial charge < -0.3 is 16.3 Å². The van der Waals surface area contributed by atoms with E-state index in [0.29, 0.717) is 16.8 Å². The zero-order valence-corrected chi connectivity index (χ0v) is 10.4. The summed E-state index contributed by atoms with van der Waals surface area (Å²) in [6.45, 7) is 0. The summed E-state index contributed by atoms with van der Waals surface area (Å²) in [6, 6.07) is 11.7. The van der Waals surface area contributed by atoms with Crippen molar-refractivity contribution in [2.24, 2.45) is 10.9 Å². The van der Waals surface area contributed by atoms with Crippen molar-refractivity contribution < 1.29 is 14.4 Å². The van der Waals surface area contributed by atoms with Crippen LogP contribution in [0, 0.1) is 5.82 Å². The fourth-order valence-corrected chi connectivity index (χ4v) is 1.59. The predicted octanol–water partition coefficient (Wildman–Crippen LogP) is 2.17. The lowest BCUT2D eigenvalue weighted by molar-refractivity contribution is 0.102. The Morgan fingerprint density at radius 1 is 1.05 bits per heavy atom. The molecule has 0 aliphatic heterocycles. The van der Waals surface area contributed by atoms with E-state index >= 15 is 0 Å². The summed E-state index contributed by atoms with van der Waals surface area (Å²) in [6.07, 6.45) is 0. The molecule has 0 bridgehead atoms. The second-order valence-electron chi connectivity index (χ2n) is 4.02. The average molecular weight is 273 g/mol. The summed E-state index contributed by atoms with van der Waals surface area (Å²) >= 11 is 0. The number of oxime groups is 1. The molecule has 2 aromatic rings. The van der Waals surface area contributed by atoms with Crippen LogP contribution in [0.4, 0.5) is 10.1 Å². The standard InChI is InChI=1S/C14H12FN3O2/c15-11-5-1-10(2-6-11)14(19)17-12-7-3-9(4-8-12)13(16)18-20/h1-8,20H,(H2,16,18)(H,17,19). The van der Waals surface area contributed by atoms with Crippen LogP contribution >= 0.6 is 0 Å². The first kappa shape index (κ1) is 13.5. The molecular weight excluding hydrogens is 261 g/mol. The van der Waals surface area contributed by atoms with Gasteiger partial charge in [0.2, 0.25) is 0 Å². The Balaban J connectivity index is 2.10. The summed E-state index contributed by atoms with van der Waals surface area (Å²) in [7, 11) is 0. The molecule has 0 radical (unpaired) electrons. The first-order chi connectivity index (χ1) is 9.60. The maximum Gasteiger partial charge on any atom is 0.255 e. The number of hydrogen-bond acceptors (Lipinski definition) is 3. The number of nitrogens with one attached hydrogen (secondary N) is 1. The molecule has 2 rings (SSSR count). The fraction of sp³-hybridized carbons (Fsp3) is 0. The van der Waals surface area contributed by atoms with Crippen molar-refractivity contribution in [2.75, 3.05) is 5.32 Å². The highest BCUT2D eigenvalue weighted by molar-refractivity contribution is 6.04. The Morgan fingerprint density at radius 2 is 1.60 bits per heavy atom. The van der Waals surface area contributed by atoms with Crippen molar-refractivity contribution in [1.82, 2.24) is 0 Å². The molecule has 0 atom stereocenters. The number of benzene rings is 2. The minimum absolute atomic E-state index is 0.0126. The fourth-order valence-electron chi connectivity index (χ4n) is 1.59. The third-order valence-electron chi connectivity index (χ3n) is 2.65. The first-order valence-corrected chi connectivity index (χ1v) is 5.75. The number of anilines is 1. The SMILES string of the molecule is N/C(=N/O)c1ccc(NC(=O)c2ccc(F)cc2)cc1. The number of hydrogen-bond donors (Lipinski definition) is 3. The molecular formula is C14H12FN3O2. The van der Waals surface area contributed by atoms with E-state index in [1.54, 1.807) is 24.3 Å². The number of amides is 1. The molecule has 102 valence electrons. The number of nitrogens with zero attached hydrogens (tertiary/aromatic N) is 1. The molecule has 0 fully saturated rings. The third kappa shape index (κ3) is 3.11. The van der Waals surface area contributed by atoms with Crippen molar-refractivity contribution in [1.29, 1.82) is 0 Å². The highest BCUT2D eigenvalue weighted by Crippen LogP contribution is 2.12. The van der Waals surface area contributed by atoms with Crippen molar-refractivity contribution >= 4 is 17.4 Å². The largest absolute Gasteiger partial charge is 0.409 e. The third-order valence-corrected chi connectivity index (χ3v) is 2.65. The van der Waals surface area contributed by atoms with Crippen LogP contribution in [0.1, 0.15) is 15.9 Å². The van der Waals surface area contributed by atoms with Crippen LogP contribution in [0.2, 0.25) is 0 Å². The van der Waals surface area contributed by atoms with E-state index in [4.69, 9.17) is 10.9 Å². The molecule has 0 saturated carbocycles. The van der Waals surface area contributed by atoms with Gasteiger partial charge in [-0.05, 0) is 48.5 Å². The van der Waals surface area contributed by atoms with Gasteiger partial charge in [-0.2, -0.15) is 0 Å². The zero-order chi connectivity index (χ0) is 14.5. The van der Waals surface area contributed by atoms with E-state index in [1.165, 1.54) is 24.3 Å². The van der Waals surface area contributed by atoms with E-state index in [1.807, 2.05) is 0 Å². The van der Waals surface area contributed by atoms with Crippen LogP contribution < -0.4 is 11.1 Å². The second-order valence-corrected chi connectivity index (χ2v) is 4.02. The molecule has 0 heterocycles. The van der Waals surface area contributed by atoms with Gasteiger partial charge >= 0.3 is 0 Å². The number of carbonyl (C=O) groups is 1. The molecule has 2 aromatic carbocycles. The van der Waals surface area contributed by atoms with Gasteiger partial charge in [-0.3, -0.25) is 4.79 Å². The van der Waals surface area contributed by atoms with Crippen molar-refractivity contribution in [3.8, 4) is 0 Å². The Kier molecular flexibility index (Phi) is 3.95. The molecule has 0 aromatic heterocycles. The van der Waals surface area contributed by atoms with Crippen LogP contribution in [0.3, 0.4) is 0 Å². The second kappa shape index (κ2) is 5.83. The van der Waals surface area contributed by atoms with Gasteiger partial charge in [-0.1, -0.05) is 5.16 Å². The van der Waals surface area contributed by atoms with E-state index in [0.717, 1.165) is 0 Å². The topological polar surface area (TPSA) is 87.7 Å². The molecule has 0 saturated heterocycles. The van der Waals surface area contributed by atoms with E-state index in [-0.39, 0.29) is 11.7 Å². The molecule has 20 heavy (non-hydrogen) atoms. The van der Waals surface area contributed by atoms with E-state index in [2.05, 4.69) is 10.5 Å². The monoisotopic (exact) mass is 273 g/mol. The van der Waals surface area contributed by atoms with Crippen molar-refractivity contribution in [3.63, 3.8) is 0 Å². The smallest absolute Gasteiger partial charge is 0.255 e. The maximum absolute atomic E-state index is 12.8. The molecule has 0 aliphatic carbocycles. The van der Waals surface area contributed by atoms with Gasteiger partial charge in [0.25, 0.3) is 5.91 Å². The predicted molar refractivity (Wildman–Crippen MR) is 73.3 cm³/mol. The van der Waals surface area contributed by atoms with Gasteiger partial charge in [0.1, 0.15) is 5.82 Å². The molecule has 0 unspecified atom stereocenters. The van der Waals surface area contributed by atoms with Crippen LogP contribution in [-0.2, 0) is 0 Å². The van der Waals surface area contributed by atoms with E-state index < -0.39 is 5.82 Å². The molecule has 0 aliphatic rings. The molecule has 5 nitrogen and oxygen atoms in total. The summed E-state index contributed by atoms with van der Waals surface area (Å²) < 4.78 is 12.8. The summed E-state index contributed by atoms with van der Waals surface area (Å²) in [5.74, 6) is -0.757. The zero-order valence-electron chi connectivity index (χ0n) is 10.4. The average Bonchev–Trinajstić information content (AvgIpc) is 2.48. The van der Waals surface area contributed by atoms with E-state index in [9.17, 15) is 9.18 Å². The summed E-state index contributed by atoms with van der Waals surface area (Å²) in [5.41, 5.74) is 6.87. The molecule has 6 heteroatoms. The molecule has 4 N–H and O–H groups in total. The Hall–Kier alpha value is -2.89. The van der Waals surface area contributed by atoms with Gasteiger partial charge in [-0.25, -0.2) is 4.39 Å². The lowest BCUT2D eigenvalue weighted by Gasteiger charge is -2.06. The van der Waals surface area contributed by atoms with Gasteiger partial charge in [-0.15, -0.1) is 0 Å². The number of nitrogens with two attached hydrogens (primary N) is 1. The molecule has 0 spiro atoms. The number of halogens is 1. The maximum atomic E-state index is 12.8. The Morgan fingerprint density at radius 3 is 2.15 bits per heavy atom. The normalized spacial score (nSPS) is 11.2. The van der Waals surface area contributed by atoms with Crippen LogP contribution in [-0.4, -0.2) is 17.0 Å². The van der Waals surface area contributed by atoms with Crippen LogP contribution in [0.25, 0.3) is 0 Å². The number of carbonyl (C=O) groups excluding carboxylic acids is 1. The quantitative estimate of drug-likeness (QED) is 0.346. The molecule has 1 amide bonds. The van der Waals surface area contributed by atoms with Crippen molar-refractivity contribution in [2.45, 2.75) is 0 Å². The highest BCUT2D eigenvalue weighted by atomic mass is 19.1. The summed E-state index contributed by atoms with van der Waals surface area (Å²) in [4.78, 5) is 11.9. The first-order valence-electron chi connectivity index (χ1n) is 5.75. The van der Waals surface area contributed by atoms with Gasteiger partial charge in [0.05, 0.1) is 0 Å². The van der Waals surface area contributed by atoms with Crippen LogP contribution in [0.5, 0.6) is 0 Å². The Bertz CT molecular complexity index is 636. The Labute approximate surface area is 114 Å². The summed E-state index contributed by atoms with van der Waals surface area (Å²) in [5, 5.41) is 14.1. The number of amidine groups is 1. The lowest BCUT2D eigenvalue weighted by atomic mass is 10.1. The van der Waals surface area contributed by atoms with Crippen molar-refractivity contribution in [3.05, 3.63) is 65.5 Å². The van der Waals surface area contributed by atoms with Crippen LogP contribution in [0.15, 0.2) is 53.7 Å². The minimum atomic E-state index is -0.398. The number of rotatable bonds is 3. The highest BCUT2D eigenvalue weighted by Gasteiger charge is 2.06.